The molecule has 0 spiro atoms. The molecule has 0 aliphatic rings. The number of rotatable bonds is 5. The summed E-state index contributed by atoms with van der Waals surface area (Å²) in [6.45, 7) is 3.32. The molecule has 1 heterocycles. The van der Waals surface area contributed by atoms with E-state index < -0.39 is 0 Å². The second-order valence-electron chi connectivity index (χ2n) is 4.15. The Balaban J connectivity index is 1.97. The summed E-state index contributed by atoms with van der Waals surface area (Å²) in [7, 11) is 1.68. The normalized spacial score (nSPS) is 10.5. The molecule has 1 N–H and O–H groups in total. The van der Waals surface area contributed by atoms with Crippen LogP contribution in [0.4, 0.5) is 0 Å². The van der Waals surface area contributed by atoms with Crippen molar-refractivity contribution in [2.45, 2.75) is 20.0 Å². The number of nitrogens with zero attached hydrogens (tertiary/aromatic N) is 2. The highest BCUT2D eigenvalue weighted by Crippen LogP contribution is 2.22. The molecular formula is C14H16BrN3O. The predicted molar refractivity (Wildman–Crippen MR) is 78.0 cm³/mol. The van der Waals surface area contributed by atoms with Crippen LogP contribution in [0.15, 0.2) is 34.9 Å². The van der Waals surface area contributed by atoms with E-state index in [0.29, 0.717) is 6.54 Å². The standard InChI is InChI=1S/C14H16BrN3O/c1-10-17-6-5-13(18-10)9-16-8-11-7-12(15)3-4-14(11)19-2/h3-7,16H,8-9H2,1-2H3. The molecule has 0 amide bonds. The van der Waals surface area contributed by atoms with Gasteiger partial charge in [0.1, 0.15) is 11.6 Å². The zero-order valence-corrected chi connectivity index (χ0v) is 12.6. The van der Waals surface area contributed by atoms with Crippen molar-refractivity contribution in [3.8, 4) is 5.75 Å². The minimum atomic E-state index is 0.707. The fourth-order valence-electron chi connectivity index (χ4n) is 1.81. The lowest BCUT2D eigenvalue weighted by Crippen LogP contribution is -2.14. The number of halogens is 1. The van der Waals surface area contributed by atoms with Crippen LogP contribution in [0, 0.1) is 6.92 Å². The molecule has 2 aromatic rings. The Hall–Kier alpha value is -1.46. The first-order chi connectivity index (χ1) is 9.19. The third kappa shape index (κ3) is 4.01. The van der Waals surface area contributed by atoms with E-state index in [4.69, 9.17) is 4.74 Å². The van der Waals surface area contributed by atoms with Crippen LogP contribution in [0.5, 0.6) is 5.75 Å². The van der Waals surface area contributed by atoms with E-state index in [1.807, 2.05) is 25.1 Å². The lowest BCUT2D eigenvalue weighted by Gasteiger charge is -2.10. The molecule has 0 fully saturated rings. The van der Waals surface area contributed by atoms with Crippen molar-refractivity contribution in [3.63, 3.8) is 0 Å². The molecule has 0 saturated carbocycles. The zero-order chi connectivity index (χ0) is 13.7. The van der Waals surface area contributed by atoms with Crippen molar-refractivity contribution in [1.82, 2.24) is 15.3 Å². The summed E-state index contributed by atoms with van der Waals surface area (Å²) >= 11 is 3.47. The number of methoxy groups -OCH3 is 1. The summed E-state index contributed by atoms with van der Waals surface area (Å²) in [4.78, 5) is 8.43. The summed E-state index contributed by atoms with van der Waals surface area (Å²) in [6.07, 6.45) is 1.78. The Morgan fingerprint density at radius 2 is 2.11 bits per heavy atom. The van der Waals surface area contributed by atoms with Crippen molar-refractivity contribution in [1.29, 1.82) is 0 Å². The Bertz CT molecular complexity index is 560. The molecule has 4 nitrogen and oxygen atoms in total. The molecule has 0 bridgehead atoms. The highest BCUT2D eigenvalue weighted by atomic mass is 79.9. The van der Waals surface area contributed by atoms with Crippen molar-refractivity contribution in [2.24, 2.45) is 0 Å². The van der Waals surface area contributed by atoms with Gasteiger partial charge in [-0.3, -0.25) is 0 Å². The SMILES string of the molecule is COc1ccc(Br)cc1CNCc1ccnc(C)n1. The topological polar surface area (TPSA) is 47.0 Å². The third-order valence-corrected chi connectivity index (χ3v) is 3.19. The Morgan fingerprint density at radius 1 is 1.26 bits per heavy atom. The van der Waals surface area contributed by atoms with Gasteiger partial charge in [-0.1, -0.05) is 15.9 Å². The Morgan fingerprint density at radius 3 is 2.84 bits per heavy atom. The lowest BCUT2D eigenvalue weighted by molar-refractivity contribution is 0.407. The van der Waals surface area contributed by atoms with Gasteiger partial charge in [0, 0.05) is 29.3 Å². The molecule has 0 unspecified atom stereocenters. The van der Waals surface area contributed by atoms with E-state index in [9.17, 15) is 0 Å². The van der Waals surface area contributed by atoms with Crippen LogP contribution >= 0.6 is 15.9 Å². The quantitative estimate of drug-likeness (QED) is 0.919. The first-order valence-corrected chi connectivity index (χ1v) is 6.80. The van der Waals surface area contributed by atoms with E-state index in [0.717, 1.165) is 33.8 Å². The number of aryl methyl sites for hydroxylation is 1. The van der Waals surface area contributed by atoms with Gasteiger partial charge >= 0.3 is 0 Å². The van der Waals surface area contributed by atoms with E-state index in [1.165, 1.54) is 0 Å². The third-order valence-electron chi connectivity index (χ3n) is 2.70. The number of nitrogens with one attached hydrogen (secondary N) is 1. The largest absolute Gasteiger partial charge is 0.496 e. The van der Waals surface area contributed by atoms with Crippen molar-refractivity contribution in [2.75, 3.05) is 7.11 Å². The summed E-state index contributed by atoms with van der Waals surface area (Å²) in [6, 6.07) is 7.89. The molecule has 100 valence electrons. The smallest absolute Gasteiger partial charge is 0.125 e. The maximum atomic E-state index is 5.34. The van der Waals surface area contributed by atoms with Crippen LogP contribution in [0.25, 0.3) is 0 Å². The van der Waals surface area contributed by atoms with Crippen LogP contribution in [0.2, 0.25) is 0 Å². The summed E-state index contributed by atoms with van der Waals surface area (Å²) in [5, 5.41) is 3.36. The minimum absolute atomic E-state index is 0.707. The van der Waals surface area contributed by atoms with Gasteiger partial charge in [0.25, 0.3) is 0 Å². The van der Waals surface area contributed by atoms with Crippen LogP contribution < -0.4 is 10.1 Å². The molecular weight excluding hydrogens is 306 g/mol. The van der Waals surface area contributed by atoms with Crippen LogP contribution in [0.3, 0.4) is 0 Å². The summed E-state index contributed by atoms with van der Waals surface area (Å²) in [5.41, 5.74) is 2.10. The number of hydrogen-bond donors (Lipinski definition) is 1. The second kappa shape index (κ2) is 6.63. The molecule has 0 aliphatic carbocycles. The highest BCUT2D eigenvalue weighted by molar-refractivity contribution is 9.10. The van der Waals surface area contributed by atoms with Gasteiger partial charge in [0.05, 0.1) is 12.8 Å². The second-order valence-corrected chi connectivity index (χ2v) is 5.07. The van der Waals surface area contributed by atoms with E-state index in [-0.39, 0.29) is 0 Å². The van der Waals surface area contributed by atoms with Crippen molar-refractivity contribution in [3.05, 3.63) is 52.0 Å². The summed E-state index contributed by atoms with van der Waals surface area (Å²) < 4.78 is 6.38. The molecule has 5 heteroatoms. The predicted octanol–water partition coefficient (Wildman–Crippen LogP) is 2.85. The van der Waals surface area contributed by atoms with Crippen LogP contribution in [-0.4, -0.2) is 17.1 Å². The van der Waals surface area contributed by atoms with E-state index in [2.05, 4.69) is 37.3 Å². The van der Waals surface area contributed by atoms with Crippen LogP contribution in [-0.2, 0) is 13.1 Å². The van der Waals surface area contributed by atoms with Crippen molar-refractivity contribution < 1.29 is 4.74 Å². The number of hydrogen-bond acceptors (Lipinski definition) is 4. The van der Waals surface area contributed by atoms with E-state index in [1.54, 1.807) is 13.3 Å². The molecule has 0 atom stereocenters. The monoisotopic (exact) mass is 321 g/mol. The number of aromatic nitrogens is 2. The van der Waals surface area contributed by atoms with Crippen LogP contribution in [0.1, 0.15) is 17.1 Å². The number of ether oxygens (including phenoxy) is 1. The first kappa shape index (κ1) is 14.0. The zero-order valence-electron chi connectivity index (χ0n) is 11.0. The fourth-order valence-corrected chi connectivity index (χ4v) is 2.22. The molecule has 0 radical (unpaired) electrons. The van der Waals surface area contributed by atoms with Gasteiger partial charge in [0.15, 0.2) is 0 Å². The van der Waals surface area contributed by atoms with E-state index >= 15 is 0 Å². The average Bonchev–Trinajstić information content (AvgIpc) is 2.39. The molecule has 19 heavy (non-hydrogen) atoms. The van der Waals surface area contributed by atoms with Gasteiger partial charge in [-0.2, -0.15) is 0 Å². The maximum absolute atomic E-state index is 5.34. The highest BCUT2D eigenvalue weighted by Gasteiger charge is 2.03. The minimum Gasteiger partial charge on any atom is -0.496 e. The summed E-state index contributed by atoms with van der Waals surface area (Å²) in [5.74, 6) is 1.67. The Labute approximate surface area is 121 Å². The average molecular weight is 322 g/mol. The first-order valence-electron chi connectivity index (χ1n) is 6.00. The molecule has 0 saturated heterocycles. The van der Waals surface area contributed by atoms with Gasteiger partial charge in [0.2, 0.25) is 0 Å². The fraction of sp³-hybridized carbons (Fsp3) is 0.286. The Kier molecular flexibility index (Phi) is 4.87. The lowest BCUT2D eigenvalue weighted by atomic mass is 10.2. The van der Waals surface area contributed by atoms with Gasteiger partial charge in [-0.25, -0.2) is 9.97 Å². The van der Waals surface area contributed by atoms with Crippen molar-refractivity contribution >= 4 is 15.9 Å². The maximum Gasteiger partial charge on any atom is 0.125 e. The van der Waals surface area contributed by atoms with Gasteiger partial charge < -0.3 is 10.1 Å². The van der Waals surface area contributed by atoms with Gasteiger partial charge in [-0.05, 0) is 31.2 Å². The van der Waals surface area contributed by atoms with Gasteiger partial charge in [-0.15, -0.1) is 0 Å². The molecule has 1 aromatic carbocycles. The number of benzene rings is 1. The molecule has 0 aliphatic heterocycles. The molecule has 1 aromatic heterocycles. The molecule has 2 rings (SSSR count).